The van der Waals surface area contributed by atoms with E-state index >= 15 is 0 Å². The molecule has 0 aromatic rings. The fourth-order valence-corrected chi connectivity index (χ4v) is 2.14. The summed E-state index contributed by atoms with van der Waals surface area (Å²) in [6.45, 7) is 12.5. The molecular weight excluding hydrogens is 196 g/mol. The maximum atomic E-state index is 5.73. The highest BCUT2D eigenvalue weighted by Crippen LogP contribution is 2.16. The first kappa shape index (κ1) is 12.0. The van der Waals surface area contributed by atoms with Crippen LogP contribution in [0.1, 0.15) is 20.3 Å². The molecular formula is C11H21ClN2. The van der Waals surface area contributed by atoms with Gasteiger partial charge < -0.3 is 10.2 Å². The average Bonchev–Trinajstić information content (AvgIpc) is 2.15. The van der Waals surface area contributed by atoms with Crippen LogP contribution in [0.3, 0.4) is 0 Å². The molecule has 0 bridgehead atoms. The molecule has 0 aromatic heterocycles. The van der Waals surface area contributed by atoms with E-state index in [2.05, 4.69) is 30.6 Å². The minimum absolute atomic E-state index is 0.605. The molecule has 2 unspecified atom stereocenters. The summed E-state index contributed by atoms with van der Waals surface area (Å²) in [5, 5.41) is 4.16. The second kappa shape index (κ2) is 5.74. The quantitative estimate of drug-likeness (QED) is 0.774. The van der Waals surface area contributed by atoms with E-state index in [1.165, 1.54) is 26.1 Å². The predicted molar refractivity (Wildman–Crippen MR) is 62.7 cm³/mol. The smallest absolute Gasteiger partial charge is 0.0310 e. The Balaban J connectivity index is 2.30. The van der Waals surface area contributed by atoms with Crippen LogP contribution in [0.2, 0.25) is 0 Å². The maximum absolute atomic E-state index is 5.73. The van der Waals surface area contributed by atoms with Gasteiger partial charge in [-0.3, -0.25) is 0 Å². The van der Waals surface area contributed by atoms with Gasteiger partial charge in [-0.25, -0.2) is 0 Å². The summed E-state index contributed by atoms with van der Waals surface area (Å²) in [7, 11) is 0. The molecule has 0 radical (unpaired) electrons. The van der Waals surface area contributed by atoms with Crippen LogP contribution >= 0.6 is 11.6 Å². The molecule has 1 fully saturated rings. The monoisotopic (exact) mass is 216 g/mol. The van der Waals surface area contributed by atoms with Gasteiger partial charge in [-0.1, -0.05) is 32.0 Å². The van der Waals surface area contributed by atoms with Gasteiger partial charge in [0.25, 0.3) is 0 Å². The fraction of sp³-hybridized carbons (Fsp3) is 0.818. The number of rotatable bonds is 4. The van der Waals surface area contributed by atoms with Crippen LogP contribution in [-0.4, -0.2) is 37.1 Å². The van der Waals surface area contributed by atoms with Gasteiger partial charge in [0.2, 0.25) is 0 Å². The van der Waals surface area contributed by atoms with Crippen molar-refractivity contribution in [2.45, 2.75) is 26.3 Å². The van der Waals surface area contributed by atoms with Crippen LogP contribution in [0, 0.1) is 5.92 Å². The minimum Gasteiger partial charge on any atom is -0.309 e. The van der Waals surface area contributed by atoms with Crippen LogP contribution in [0.15, 0.2) is 11.6 Å². The molecule has 1 aliphatic heterocycles. The zero-order chi connectivity index (χ0) is 10.6. The van der Waals surface area contributed by atoms with E-state index in [1.807, 2.05) is 0 Å². The van der Waals surface area contributed by atoms with Gasteiger partial charge in [0.1, 0.15) is 0 Å². The number of nitrogens with one attached hydrogen (secondary N) is 1. The van der Waals surface area contributed by atoms with Crippen molar-refractivity contribution in [2.24, 2.45) is 5.92 Å². The van der Waals surface area contributed by atoms with E-state index in [0.29, 0.717) is 17.0 Å². The van der Waals surface area contributed by atoms with E-state index in [4.69, 9.17) is 11.6 Å². The molecule has 3 heteroatoms. The Morgan fingerprint density at radius 3 is 2.86 bits per heavy atom. The summed E-state index contributed by atoms with van der Waals surface area (Å²) in [5.74, 6) is 0.708. The predicted octanol–water partition coefficient (Wildman–Crippen LogP) is 2.06. The molecule has 1 saturated heterocycles. The molecule has 82 valence electrons. The van der Waals surface area contributed by atoms with E-state index < -0.39 is 0 Å². The lowest BCUT2D eigenvalue weighted by Gasteiger charge is -2.36. The van der Waals surface area contributed by atoms with E-state index in [9.17, 15) is 0 Å². The molecule has 0 amide bonds. The third-order valence-corrected chi connectivity index (χ3v) is 3.13. The van der Waals surface area contributed by atoms with Crippen molar-refractivity contribution in [1.29, 1.82) is 0 Å². The summed E-state index contributed by atoms with van der Waals surface area (Å²) >= 11 is 5.73. The van der Waals surface area contributed by atoms with Gasteiger partial charge in [0.15, 0.2) is 0 Å². The fourth-order valence-electron chi connectivity index (χ4n) is 2.06. The maximum Gasteiger partial charge on any atom is 0.0310 e. The van der Waals surface area contributed by atoms with Gasteiger partial charge in [-0.2, -0.15) is 0 Å². The number of hydrogen-bond acceptors (Lipinski definition) is 2. The van der Waals surface area contributed by atoms with Gasteiger partial charge in [0, 0.05) is 24.2 Å². The van der Waals surface area contributed by atoms with E-state index in [1.54, 1.807) is 0 Å². The summed E-state index contributed by atoms with van der Waals surface area (Å²) in [4.78, 5) is 2.50. The first-order chi connectivity index (χ1) is 6.63. The Kier molecular flexibility index (Phi) is 4.93. The van der Waals surface area contributed by atoms with Crippen molar-refractivity contribution in [1.82, 2.24) is 10.2 Å². The molecule has 0 saturated carbocycles. The zero-order valence-corrected chi connectivity index (χ0v) is 9.98. The third kappa shape index (κ3) is 3.60. The molecule has 0 aromatic carbocycles. The molecule has 1 heterocycles. The molecule has 1 rings (SSSR count). The number of piperidine rings is 1. The van der Waals surface area contributed by atoms with E-state index in [0.717, 1.165) is 6.54 Å². The topological polar surface area (TPSA) is 15.3 Å². The number of halogens is 1. The Morgan fingerprint density at radius 2 is 2.36 bits per heavy atom. The van der Waals surface area contributed by atoms with Crippen LogP contribution < -0.4 is 5.32 Å². The Bertz CT molecular complexity index is 194. The molecule has 0 spiro atoms. The van der Waals surface area contributed by atoms with Gasteiger partial charge in [-0.05, 0) is 25.4 Å². The summed E-state index contributed by atoms with van der Waals surface area (Å²) in [6.07, 6.45) is 1.22. The van der Waals surface area contributed by atoms with Crippen molar-refractivity contribution in [3.63, 3.8) is 0 Å². The second-order valence-electron chi connectivity index (χ2n) is 4.16. The largest absolute Gasteiger partial charge is 0.309 e. The standard InChI is InChI=1S/C11H21ClN2/c1-4-14-6-5-11(9(2)8-14)13-7-10(3)12/h9,11,13H,3-8H2,1-2H3. The SMILES string of the molecule is C=C(Cl)CNC1CCN(CC)CC1C. The number of nitrogens with zero attached hydrogens (tertiary/aromatic N) is 1. The first-order valence-electron chi connectivity index (χ1n) is 5.42. The zero-order valence-electron chi connectivity index (χ0n) is 9.22. The van der Waals surface area contributed by atoms with Crippen LogP contribution in [-0.2, 0) is 0 Å². The molecule has 1 aliphatic rings. The highest BCUT2D eigenvalue weighted by molar-refractivity contribution is 6.29. The van der Waals surface area contributed by atoms with Gasteiger partial charge in [-0.15, -0.1) is 0 Å². The van der Waals surface area contributed by atoms with Crippen LogP contribution in [0.4, 0.5) is 0 Å². The van der Waals surface area contributed by atoms with E-state index in [-0.39, 0.29) is 0 Å². The molecule has 14 heavy (non-hydrogen) atoms. The molecule has 0 aliphatic carbocycles. The van der Waals surface area contributed by atoms with Gasteiger partial charge in [0.05, 0.1) is 0 Å². The van der Waals surface area contributed by atoms with Gasteiger partial charge >= 0.3 is 0 Å². The number of hydrogen-bond donors (Lipinski definition) is 1. The molecule has 1 N–H and O–H groups in total. The Hall–Kier alpha value is -0.0500. The second-order valence-corrected chi connectivity index (χ2v) is 4.70. The van der Waals surface area contributed by atoms with Crippen molar-refractivity contribution < 1.29 is 0 Å². The van der Waals surface area contributed by atoms with Crippen LogP contribution in [0.25, 0.3) is 0 Å². The van der Waals surface area contributed by atoms with Crippen molar-refractivity contribution in [2.75, 3.05) is 26.2 Å². The Morgan fingerprint density at radius 1 is 1.64 bits per heavy atom. The summed E-state index contributed by atoms with van der Waals surface area (Å²) in [6, 6.07) is 0.605. The summed E-state index contributed by atoms with van der Waals surface area (Å²) < 4.78 is 0. The van der Waals surface area contributed by atoms with Crippen LogP contribution in [0.5, 0.6) is 0 Å². The highest BCUT2D eigenvalue weighted by Gasteiger charge is 2.24. The first-order valence-corrected chi connectivity index (χ1v) is 5.80. The third-order valence-electron chi connectivity index (χ3n) is 2.99. The average molecular weight is 217 g/mol. The number of likely N-dealkylation sites (tertiary alicyclic amines) is 1. The van der Waals surface area contributed by atoms with Crippen molar-refractivity contribution in [3.05, 3.63) is 11.6 Å². The minimum atomic E-state index is 0.605. The van der Waals surface area contributed by atoms with Crippen molar-refractivity contribution >= 4 is 11.6 Å². The lowest BCUT2D eigenvalue weighted by Crippen LogP contribution is -2.48. The Labute approximate surface area is 92.3 Å². The molecule has 2 nitrogen and oxygen atoms in total. The lowest BCUT2D eigenvalue weighted by atomic mass is 9.94. The normalized spacial score (nSPS) is 29.1. The van der Waals surface area contributed by atoms with Crippen molar-refractivity contribution in [3.8, 4) is 0 Å². The highest BCUT2D eigenvalue weighted by atomic mass is 35.5. The molecule has 2 atom stereocenters. The summed E-state index contributed by atoms with van der Waals surface area (Å²) in [5.41, 5.74) is 0. The lowest BCUT2D eigenvalue weighted by molar-refractivity contribution is 0.155.